The van der Waals surface area contributed by atoms with Crippen molar-refractivity contribution >= 4 is 27.1 Å². The van der Waals surface area contributed by atoms with Crippen molar-refractivity contribution < 1.29 is 14.6 Å². The summed E-state index contributed by atoms with van der Waals surface area (Å²) >= 11 is 3.54. The van der Waals surface area contributed by atoms with E-state index in [0.29, 0.717) is 12.6 Å². The highest BCUT2D eigenvalue weighted by Gasteiger charge is 2.29. The fourth-order valence-corrected chi connectivity index (χ4v) is 5.37. The van der Waals surface area contributed by atoms with E-state index in [1.807, 2.05) is 30.3 Å². The van der Waals surface area contributed by atoms with Crippen LogP contribution in [-0.4, -0.2) is 35.7 Å². The largest absolute Gasteiger partial charge is 0.508 e. The van der Waals surface area contributed by atoms with Crippen molar-refractivity contribution in [3.63, 3.8) is 0 Å². The molecule has 2 aliphatic rings. The normalized spacial score (nSPS) is 20.9. The average Bonchev–Trinajstić information content (AvgIpc) is 3.30. The number of aromatic hydroxyl groups is 1. The number of rotatable bonds is 6. The predicted octanol–water partition coefficient (Wildman–Crippen LogP) is 7.33. The Balaban J connectivity index is 1.40. The van der Waals surface area contributed by atoms with Gasteiger partial charge in [-0.15, -0.1) is 0 Å². The van der Waals surface area contributed by atoms with Gasteiger partial charge in [0.15, 0.2) is 0 Å². The van der Waals surface area contributed by atoms with Gasteiger partial charge in [-0.1, -0.05) is 47.1 Å². The summed E-state index contributed by atoms with van der Waals surface area (Å²) in [5.74, 6) is 2.66. The Morgan fingerprint density at radius 3 is 2.51 bits per heavy atom. The van der Waals surface area contributed by atoms with Gasteiger partial charge in [0, 0.05) is 28.2 Å². The van der Waals surface area contributed by atoms with Gasteiger partial charge in [0.25, 0.3) is 0 Å². The number of phenols is 1. The molecule has 0 bridgehead atoms. The number of likely N-dealkylation sites (tertiary alicyclic amines) is 1. The van der Waals surface area contributed by atoms with Crippen LogP contribution in [0.1, 0.15) is 50.0 Å². The minimum atomic E-state index is -0.257. The van der Waals surface area contributed by atoms with E-state index in [9.17, 15) is 5.11 Å². The molecule has 1 fully saturated rings. The summed E-state index contributed by atoms with van der Waals surface area (Å²) in [5.41, 5.74) is 5.28. The second-order valence-corrected chi connectivity index (χ2v) is 10.8. The lowest BCUT2D eigenvalue weighted by atomic mass is 9.86. The number of hydrogen-bond donors (Lipinski definition) is 1. The van der Waals surface area contributed by atoms with Crippen LogP contribution in [-0.2, 0) is 0 Å². The van der Waals surface area contributed by atoms with Gasteiger partial charge in [-0.3, -0.25) is 4.90 Å². The Kier molecular flexibility index (Phi) is 6.90. The molecule has 182 valence electrons. The molecular weight excluding hydrogens is 502 g/mol. The molecule has 2 aliphatic heterocycles. The van der Waals surface area contributed by atoms with Crippen molar-refractivity contribution in [2.45, 2.75) is 39.3 Å². The quantitative estimate of drug-likeness (QED) is 0.360. The summed E-state index contributed by atoms with van der Waals surface area (Å²) in [6.45, 7) is 9.67. The molecule has 5 rings (SSSR count). The van der Waals surface area contributed by atoms with Crippen molar-refractivity contribution in [3.8, 4) is 17.2 Å². The summed E-state index contributed by atoms with van der Waals surface area (Å²) in [4.78, 5) is 2.52. The van der Waals surface area contributed by atoms with Gasteiger partial charge in [0.05, 0.1) is 0 Å². The van der Waals surface area contributed by atoms with Crippen molar-refractivity contribution in [1.82, 2.24) is 4.90 Å². The second kappa shape index (κ2) is 10.1. The van der Waals surface area contributed by atoms with Crippen molar-refractivity contribution in [1.29, 1.82) is 0 Å². The van der Waals surface area contributed by atoms with Crippen LogP contribution < -0.4 is 9.47 Å². The lowest BCUT2D eigenvalue weighted by molar-refractivity contribution is 0.169. The fraction of sp³-hybridized carbons (Fsp3) is 0.333. The van der Waals surface area contributed by atoms with E-state index in [4.69, 9.17) is 9.47 Å². The number of phenolic OH excluding ortho intramolecular Hbond substituents is 1. The maximum absolute atomic E-state index is 10.1. The van der Waals surface area contributed by atoms with Crippen LogP contribution in [0, 0.1) is 5.92 Å². The molecule has 2 heterocycles. The van der Waals surface area contributed by atoms with Crippen molar-refractivity contribution in [3.05, 3.63) is 87.9 Å². The first-order valence-electron chi connectivity index (χ1n) is 12.3. The molecule has 3 aromatic carbocycles. The predicted molar refractivity (Wildman–Crippen MR) is 145 cm³/mol. The molecule has 35 heavy (non-hydrogen) atoms. The molecule has 0 radical (unpaired) electrons. The molecule has 0 aromatic heterocycles. The zero-order valence-corrected chi connectivity index (χ0v) is 22.1. The summed E-state index contributed by atoms with van der Waals surface area (Å²) in [5, 5.41) is 10.1. The van der Waals surface area contributed by atoms with Crippen molar-refractivity contribution in [2.75, 3.05) is 19.7 Å². The monoisotopic (exact) mass is 533 g/mol. The molecule has 3 aromatic rings. The summed E-state index contributed by atoms with van der Waals surface area (Å²) < 4.78 is 13.7. The van der Waals surface area contributed by atoms with E-state index in [1.165, 1.54) is 6.42 Å². The van der Waals surface area contributed by atoms with Crippen LogP contribution in [0.25, 0.3) is 11.1 Å². The number of allylic oxidation sites excluding steroid dienone is 1. The molecule has 5 heteroatoms. The van der Waals surface area contributed by atoms with E-state index in [-0.39, 0.29) is 11.9 Å². The van der Waals surface area contributed by atoms with Gasteiger partial charge in [0.1, 0.15) is 30.0 Å². The van der Waals surface area contributed by atoms with Crippen LogP contribution >= 0.6 is 15.9 Å². The average molecular weight is 534 g/mol. The lowest BCUT2D eigenvalue weighted by Gasteiger charge is -2.31. The topological polar surface area (TPSA) is 41.9 Å². The molecule has 0 aliphatic carbocycles. The highest BCUT2D eigenvalue weighted by molar-refractivity contribution is 9.10. The molecule has 0 saturated carbocycles. The van der Waals surface area contributed by atoms with E-state index in [0.717, 1.165) is 62.8 Å². The number of hydrogen-bond acceptors (Lipinski definition) is 4. The highest BCUT2D eigenvalue weighted by atomic mass is 79.9. The van der Waals surface area contributed by atoms with Gasteiger partial charge in [-0.2, -0.15) is 0 Å². The molecule has 1 saturated heterocycles. The Hall–Kier alpha value is -2.76. The Bertz CT molecular complexity index is 1220. The first kappa shape index (κ1) is 24.0. The Labute approximate surface area is 216 Å². The van der Waals surface area contributed by atoms with E-state index < -0.39 is 0 Å². The number of fused-ring (bicyclic) bond motifs is 1. The summed E-state index contributed by atoms with van der Waals surface area (Å²) in [6, 6.07) is 22.3. The maximum Gasteiger partial charge on any atom is 0.150 e. The zero-order chi connectivity index (χ0) is 24.5. The molecule has 0 spiro atoms. The van der Waals surface area contributed by atoms with E-state index in [1.54, 1.807) is 12.1 Å². The third-order valence-corrected chi connectivity index (χ3v) is 7.71. The third kappa shape index (κ3) is 5.12. The smallest absolute Gasteiger partial charge is 0.150 e. The molecular formula is C30H32BrNO3. The van der Waals surface area contributed by atoms with Crippen molar-refractivity contribution in [2.24, 2.45) is 5.92 Å². The third-order valence-electron chi connectivity index (χ3n) is 7.19. The van der Waals surface area contributed by atoms with Gasteiger partial charge in [-0.05, 0) is 91.9 Å². The fourth-order valence-electron chi connectivity index (χ4n) is 5.10. The number of ether oxygens (including phenoxy) is 2. The maximum atomic E-state index is 10.1. The Morgan fingerprint density at radius 2 is 1.83 bits per heavy atom. The zero-order valence-electron chi connectivity index (χ0n) is 20.5. The minimum absolute atomic E-state index is 0.236. The first-order chi connectivity index (χ1) is 16.9. The van der Waals surface area contributed by atoms with Crippen LogP contribution in [0.4, 0.5) is 0 Å². The highest BCUT2D eigenvalue weighted by Crippen LogP contribution is 2.47. The first-order valence-corrected chi connectivity index (χ1v) is 13.1. The van der Waals surface area contributed by atoms with Crippen LogP contribution in [0.2, 0.25) is 0 Å². The molecule has 0 amide bonds. The molecule has 3 atom stereocenters. The van der Waals surface area contributed by atoms with E-state index in [2.05, 4.69) is 65.9 Å². The van der Waals surface area contributed by atoms with Gasteiger partial charge in [-0.25, -0.2) is 0 Å². The number of halogens is 1. The van der Waals surface area contributed by atoms with Crippen LogP contribution in [0.5, 0.6) is 17.2 Å². The molecule has 3 unspecified atom stereocenters. The van der Waals surface area contributed by atoms with Crippen LogP contribution in [0.3, 0.4) is 0 Å². The summed E-state index contributed by atoms with van der Waals surface area (Å²) in [7, 11) is 0. The SMILES string of the molecule is CC1=C(c2ccc(Br)cc2)C(c2ccc(OCC(C)N3CCC(C)C3)cc2)Oc2ccc(O)cc21. The number of benzene rings is 3. The Morgan fingerprint density at radius 1 is 1.09 bits per heavy atom. The molecule has 4 nitrogen and oxygen atoms in total. The second-order valence-electron chi connectivity index (χ2n) is 9.84. The standard InChI is InChI=1S/C30H32BrNO3/c1-19-14-15-32(17-19)20(2)18-34-26-11-6-23(7-12-26)30-29(22-4-8-24(31)9-5-22)21(3)27-16-25(33)10-13-28(27)35-30/h4-13,16,19-20,30,33H,14-15,17-18H2,1-3H3. The van der Waals surface area contributed by atoms with Gasteiger partial charge >= 0.3 is 0 Å². The molecule has 1 N–H and O–H groups in total. The lowest BCUT2D eigenvalue weighted by Crippen LogP contribution is -2.35. The number of nitrogens with zero attached hydrogens (tertiary/aromatic N) is 1. The van der Waals surface area contributed by atoms with Gasteiger partial charge < -0.3 is 14.6 Å². The van der Waals surface area contributed by atoms with E-state index >= 15 is 0 Å². The summed E-state index contributed by atoms with van der Waals surface area (Å²) in [6.07, 6.45) is 1.02. The minimum Gasteiger partial charge on any atom is -0.508 e. The van der Waals surface area contributed by atoms with Gasteiger partial charge in [0.2, 0.25) is 0 Å². The van der Waals surface area contributed by atoms with Crippen LogP contribution in [0.15, 0.2) is 71.2 Å².